The van der Waals surface area contributed by atoms with Gasteiger partial charge >= 0.3 is 6.09 Å². The summed E-state index contributed by atoms with van der Waals surface area (Å²) < 4.78 is 5.39. The topological polar surface area (TPSA) is 99.4 Å². The fourth-order valence-electron chi connectivity index (χ4n) is 3.68. The molecule has 0 bridgehead atoms. The molecular weight excluding hydrogens is 406 g/mol. The van der Waals surface area contributed by atoms with Gasteiger partial charge in [-0.2, -0.15) is 0 Å². The van der Waals surface area contributed by atoms with Crippen molar-refractivity contribution in [1.29, 1.82) is 0 Å². The summed E-state index contributed by atoms with van der Waals surface area (Å²) in [7, 11) is 0. The average molecular weight is 436 g/mol. The lowest BCUT2D eigenvalue weighted by Crippen LogP contribution is -2.49. The number of anilines is 2. The number of aromatic amines is 1. The molecule has 30 heavy (non-hydrogen) atoms. The van der Waals surface area contributed by atoms with Gasteiger partial charge in [-0.05, 0) is 40.0 Å². The lowest BCUT2D eigenvalue weighted by Gasteiger charge is -2.36. The van der Waals surface area contributed by atoms with Gasteiger partial charge in [0.25, 0.3) is 0 Å². The third-order valence-corrected chi connectivity index (χ3v) is 5.12. The highest BCUT2D eigenvalue weighted by molar-refractivity contribution is 6.35. The number of halogens is 1. The molecule has 1 aliphatic rings. The molecule has 2 aromatic heterocycles. The van der Waals surface area contributed by atoms with Crippen LogP contribution in [0, 0.1) is 0 Å². The monoisotopic (exact) mass is 435 g/mol. The summed E-state index contributed by atoms with van der Waals surface area (Å²) in [5.74, 6) is -0.0487. The average Bonchev–Trinajstić information content (AvgIpc) is 3.03. The largest absolute Gasteiger partial charge is 0.444 e. The van der Waals surface area contributed by atoms with E-state index in [1.165, 1.54) is 0 Å². The maximum atomic E-state index is 12.2. The van der Waals surface area contributed by atoms with Gasteiger partial charge in [0.15, 0.2) is 0 Å². The van der Waals surface area contributed by atoms with Gasteiger partial charge in [0.2, 0.25) is 5.91 Å². The number of carbonyl (C=O) groups excluding carboxylic acids is 2. The van der Waals surface area contributed by atoms with E-state index in [9.17, 15) is 9.59 Å². The van der Waals surface area contributed by atoms with Gasteiger partial charge < -0.3 is 25.3 Å². The number of pyridine rings is 1. The Morgan fingerprint density at radius 3 is 2.87 bits per heavy atom. The zero-order valence-corrected chi connectivity index (χ0v) is 18.7. The van der Waals surface area contributed by atoms with Crippen molar-refractivity contribution in [3.8, 4) is 0 Å². The molecule has 0 unspecified atom stereocenters. The Morgan fingerprint density at radius 1 is 1.40 bits per heavy atom. The number of ether oxygens (including phenoxy) is 1. The first-order chi connectivity index (χ1) is 14.2. The lowest BCUT2D eigenvalue weighted by atomic mass is 10.0. The summed E-state index contributed by atoms with van der Waals surface area (Å²) in [5, 5.41) is 7.21. The summed E-state index contributed by atoms with van der Waals surface area (Å²) >= 11 is 6.56. The van der Waals surface area contributed by atoms with Crippen molar-refractivity contribution >= 4 is 46.0 Å². The van der Waals surface area contributed by atoms with Crippen molar-refractivity contribution in [1.82, 2.24) is 15.3 Å². The number of piperidine rings is 1. The smallest absolute Gasteiger partial charge is 0.407 e. The lowest BCUT2D eigenvalue weighted by molar-refractivity contribution is -0.116. The molecule has 0 aliphatic carbocycles. The van der Waals surface area contributed by atoms with Crippen molar-refractivity contribution in [3.63, 3.8) is 0 Å². The third kappa shape index (κ3) is 5.36. The van der Waals surface area contributed by atoms with Crippen LogP contribution in [0.3, 0.4) is 0 Å². The van der Waals surface area contributed by atoms with Crippen LogP contribution < -0.4 is 15.5 Å². The second-order valence-corrected chi connectivity index (χ2v) is 9.02. The maximum Gasteiger partial charge on any atom is 0.407 e. The van der Waals surface area contributed by atoms with Gasteiger partial charge in [0, 0.05) is 31.7 Å². The molecular formula is C21H30ClN5O3. The van der Waals surface area contributed by atoms with Crippen LogP contribution >= 0.6 is 11.6 Å². The predicted octanol–water partition coefficient (Wildman–Crippen LogP) is 4.45. The van der Waals surface area contributed by atoms with E-state index in [4.69, 9.17) is 16.3 Å². The molecule has 1 aliphatic heterocycles. The van der Waals surface area contributed by atoms with Crippen molar-refractivity contribution in [2.24, 2.45) is 0 Å². The van der Waals surface area contributed by atoms with E-state index in [0.29, 0.717) is 29.3 Å². The molecule has 9 heteroatoms. The highest BCUT2D eigenvalue weighted by Crippen LogP contribution is 2.38. The number of nitrogens with zero attached hydrogens (tertiary/aromatic N) is 2. The Labute approximate surface area is 181 Å². The Kier molecular flexibility index (Phi) is 6.75. The van der Waals surface area contributed by atoms with Gasteiger partial charge in [-0.15, -0.1) is 0 Å². The maximum absolute atomic E-state index is 12.2. The van der Waals surface area contributed by atoms with Gasteiger partial charge in [0.05, 0.1) is 28.0 Å². The molecule has 2 amide bonds. The minimum atomic E-state index is -0.546. The third-order valence-electron chi connectivity index (χ3n) is 4.84. The van der Waals surface area contributed by atoms with Crippen LogP contribution in [-0.4, -0.2) is 46.7 Å². The number of H-pyrrole nitrogens is 1. The SMILES string of the molecule is CCCC(=O)Nc1c[nH]c2ncc(Cl)c(N3CCC[C@@H](NC(=O)OC(C)(C)C)C3)c12. The second-order valence-electron chi connectivity index (χ2n) is 8.61. The Morgan fingerprint density at radius 2 is 2.17 bits per heavy atom. The van der Waals surface area contributed by atoms with Crippen molar-refractivity contribution in [2.45, 2.75) is 65.0 Å². The van der Waals surface area contributed by atoms with Crippen LogP contribution in [-0.2, 0) is 9.53 Å². The van der Waals surface area contributed by atoms with Crippen LogP contribution in [0.5, 0.6) is 0 Å². The summed E-state index contributed by atoms with van der Waals surface area (Å²) in [6.07, 6.45) is 5.89. The van der Waals surface area contributed by atoms with E-state index >= 15 is 0 Å². The number of rotatable bonds is 5. The molecule has 1 saturated heterocycles. The van der Waals surface area contributed by atoms with E-state index in [0.717, 1.165) is 36.9 Å². The van der Waals surface area contributed by atoms with Crippen LogP contribution in [0.25, 0.3) is 11.0 Å². The number of hydrogen-bond donors (Lipinski definition) is 3. The van der Waals surface area contributed by atoms with Gasteiger partial charge in [0.1, 0.15) is 11.2 Å². The number of alkyl carbamates (subject to hydrolysis) is 1. The van der Waals surface area contributed by atoms with Gasteiger partial charge in [-0.3, -0.25) is 4.79 Å². The predicted molar refractivity (Wildman–Crippen MR) is 119 cm³/mol. The molecule has 8 nitrogen and oxygen atoms in total. The van der Waals surface area contributed by atoms with Gasteiger partial charge in [-0.25, -0.2) is 9.78 Å². The van der Waals surface area contributed by atoms with Crippen molar-refractivity contribution in [2.75, 3.05) is 23.3 Å². The van der Waals surface area contributed by atoms with E-state index in [1.807, 2.05) is 27.7 Å². The molecule has 3 heterocycles. The first-order valence-electron chi connectivity index (χ1n) is 10.4. The van der Waals surface area contributed by atoms with Crippen molar-refractivity contribution in [3.05, 3.63) is 17.4 Å². The first-order valence-corrected chi connectivity index (χ1v) is 10.8. The summed E-state index contributed by atoms with van der Waals surface area (Å²) in [5.41, 5.74) is 1.58. The fraction of sp³-hybridized carbons (Fsp3) is 0.571. The fourth-order valence-corrected chi connectivity index (χ4v) is 3.94. The normalized spacial score (nSPS) is 17.1. The molecule has 1 atom stereocenters. The molecule has 0 spiro atoms. The number of hydrogen-bond acceptors (Lipinski definition) is 5. The molecule has 2 aromatic rings. The minimum Gasteiger partial charge on any atom is -0.444 e. The standard InChI is InChI=1S/C21H30ClN5O3/c1-5-7-16(28)26-15-11-24-19-17(15)18(14(22)10-23-19)27-9-6-8-13(12-27)25-20(29)30-21(2,3)4/h10-11,13H,5-9,12H2,1-4H3,(H,23,24)(H,25,29)(H,26,28)/t13-/m1/s1. The van der Waals surface area contributed by atoms with Crippen LogP contribution in [0.2, 0.25) is 5.02 Å². The number of carbonyl (C=O) groups is 2. The highest BCUT2D eigenvalue weighted by Gasteiger charge is 2.27. The molecule has 3 rings (SSSR count). The van der Waals surface area contributed by atoms with Crippen LogP contribution in [0.1, 0.15) is 53.4 Å². The molecule has 0 aromatic carbocycles. The first kappa shape index (κ1) is 22.2. The Balaban J connectivity index is 1.84. The summed E-state index contributed by atoms with van der Waals surface area (Å²) in [4.78, 5) is 34.0. The minimum absolute atomic E-state index is 0.0487. The quantitative estimate of drug-likeness (QED) is 0.644. The molecule has 3 N–H and O–H groups in total. The van der Waals surface area contributed by atoms with E-state index in [1.54, 1.807) is 12.4 Å². The number of aromatic nitrogens is 2. The Bertz CT molecular complexity index is 921. The van der Waals surface area contributed by atoms with Crippen LogP contribution in [0.15, 0.2) is 12.4 Å². The summed E-state index contributed by atoms with van der Waals surface area (Å²) in [6, 6.07) is -0.0649. The highest BCUT2D eigenvalue weighted by atomic mass is 35.5. The molecule has 164 valence electrons. The van der Waals surface area contributed by atoms with Gasteiger partial charge in [-0.1, -0.05) is 18.5 Å². The van der Waals surface area contributed by atoms with Crippen molar-refractivity contribution < 1.29 is 14.3 Å². The second kappa shape index (κ2) is 9.12. The molecule has 0 saturated carbocycles. The van der Waals surface area contributed by atoms with E-state index in [2.05, 4.69) is 25.5 Å². The number of amides is 2. The van der Waals surface area contributed by atoms with E-state index in [-0.39, 0.29) is 11.9 Å². The number of fused-ring (bicyclic) bond motifs is 1. The molecule has 0 radical (unpaired) electrons. The van der Waals surface area contributed by atoms with E-state index < -0.39 is 11.7 Å². The summed E-state index contributed by atoms with van der Waals surface area (Å²) in [6.45, 7) is 8.86. The van der Waals surface area contributed by atoms with Crippen LogP contribution in [0.4, 0.5) is 16.2 Å². The Hall–Kier alpha value is -2.48. The molecule has 1 fully saturated rings. The zero-order valence-electron chi connectivity index (χ0n) is 18.0. The zero-order chi connectivity index (χ0) is 21.9. The number of nitrogens with one attached hydrogen (secondary N) is 3.